The van der Waals surface area contributed by atoms with Crippen molar-refractivity contribution in [2.75, 3.05) is 19.9 Å². The number of esters is 1. The number of carbonyl (C=O) groups is 2. The zero-order valence-corrected chi connectivity index (χ0v) is 11.1. The van der Waals surface area contributed by atoms with Gasteiger partial charge in [0.1, 0.15) is 0 Å². The normalized spacial score (nSPS) is 10.1. The number of methoxy groups -OCH3 is 1. The SMILES string of the molecule is CNC(=O)c1ccn(-c2ccc(N)c(C(=O)OC)c2)n1. The van der Waals surface area contributed by atoms with Gasteiger partial charge in [-0.25, -0.2) is 9.48 Å². The molecule has 104 valence electrons. The summed E-state index contributed by atoms with van der Waals surface area (Å²) in [4.78, 5) is 23.0. The molecular weight excluding hydrogens is 260 g/mol. The van der Waals surface area contributed by atoms with Crippen LogP contribution in [-0.4, -0.2) is 35.8 Å². The maximum absolute atomic E-state index is 11.6. The summed E-state index contributed by atoms with van der Waals surface area (Å²) in [6.07, 6.45) is 1.62. The molecule has 1 aromatic heterocycles. The van der Waals surface area contributed by atoms with Gasteiger partial charge in [0.05, 0.1) is 18.4 Å². The summed E-state index contributed by atoms with van der Waals surface area (Å²) >= 11 is 0. The van der Waals surface area contributed by atoms with Crippen LogP contribution in [0.1, 0.15) is 20.8 Å². The zero-order chi connectivity index (χ0) is 14.7. The maximum Gasteiger partial charge on any atom is 0.340 e. The summed E-state index contributed by atoms with van der Waals surface area (Å²) in [6.45, 7) is 0. The number of nitrogen functional groups attached to an aromatic ring is 1. The van der Waals surface area contributed by atoms with Gasteiger partial charge in [-0.3, -0.25) is 4.79 Å². The van der Waals surface area contributed by atoms with E-state index >= 15 is 0 Å². The predicted octanol–water partition coefficient (Wildman–Crippen LogP) is 0.601. The molecule has 2 rings (SSSR count). The predicted molar refractivity (Wildman–Crippen MR) is 72.7 cm³/mol. The standard InChI is InChI=1S/C13H14N4O3/c1-15-12(18)11-5-6-17(16-11)8-3-4-10(14)9(7-8)13(19)20-2/h3-7H,14H2,1-2H3,(H,15,18). The Labute approximate surface area is 115 Å². The van der Waals surface area contributed by atoms with Gasteiger partial charge in [-0.1, -0.05) is 0 Å². The van der Waals surface area contributed by atoms with E-state index in [9.17, 15) is 9.59 Å². The Kier molecular flexibility index (Phi) is 3.69. The summed E-state index contributed by atoms with van der Waals surface area (Å²) in [6, 6.07) is 6.42. The maximum atomic E-state index is 11.6. The first-order valence-corrected chi connectivity index (χ1v) is 5.82. The van der Waals surface area contributed by atoms with E-state index in [0.29, 0.717) is 11.4 Å². The number of aromatic nitrogens is 2. The quantitative estimate of drug-likeness (QED) is 0.630. The molecule has 1 amide bonds. The van der Waals surface area contributed by atoms with Crippen molar-refractivity contribution >= 4 is 17.6 Å². The van der Waals surface area contributed by atoms with Crippen LogP contribution < -0.4 is 11.1 Å². The van der Waals surface area contributed by atoms with Gasteiger partial charge in [0.2, 0.25) is 0 Å². The monoisotopic (exact) mass is 274 g/mol. The molecule has 0 aliphatic carbocycles. The zero-order valence-electron chi connectivity index (χ0n) is 11.1. The van der Waals surface area contributed by atoms with Crippen LogP contribution in [0.2, 0.25) is 0 Å². The van der Waals surface area contributed by atoms with Crippen LogP contribution in [0.3, 0.4) is 0 Å². The highest BCUT2D eigenvalue weighted by atomic mass is 16.5. The highest BCUT2D eigenvalue weighted by Gasteiger charge is 2.13. The molecule has 0 saturated heterocycles. The summed E-state index contributed by atoms with van der Waals surface area (Å²) in [5.74, 6) is -0.810. The van der Waals surface area contributed by atoms with Crippen molar-refractivity contribution in [2.24, 2.45) is 0 Å². The molecule has 2 aromatic rings. The smallest absolute Gasteiger partial charge is 0.340 e. The first-order chi connectivity index (χ1) is 9.56. The van der Waals surface area contributed by atoms with Crippen molar-refractivity contribution in [3.05, 3.63) is 41.7 Å². The molecule has 0 aliphatic rings. The third-order valence-corrected chi connectivity index (χ3v) is 2.76. The van der Waals surface area contributed by atoms with Crippen LogP contribution in [0.25, 0.3) is 5.69 Å². The Hall–Kier alpha value is -2.83. The minimum Gasteiger partial charge on any atom is -0.465 e. The number of ether oxygens (including phenoxy) is 1. The molecule has 0 fully saturated rings. The average Bonchev–Trinajstić information content (AvgIpc) is 2.96. The lowest BCUT2D eigenvalue weighted by Gasteiger charge is -2.07. The number of hydrogen-bond acceptors (Lipinski definition) is 5. The van der Waals surface area contributed by atoms with Crippen LogP contribution in [-0.2, 0) is 4.74 Å². The van der Waals surface area contributed by atoms with Crippen LogP contribution in [0.15, 0.2) is 30.5 Å². The topological polar surface area (TPSA) is 99.2 Å². The van der Waals surface area contributed by atoms with Gasteiger partial charge in [0.15, 0.2) is 5.69 Å². The third kappa shape index (κ3) is 2.46. The molecule has 3 N–H and O–H groups in total. The molecule has 0 atom stereocenters. The number of anilines is 1. The molecule has 7 nitrogen and oxygen atoms in total. The molecular formula is C13H14N4O3. The van der Waals surface area contributed by atoms with Crippen molar-refractivity contribution in [1.82, 2.24) is 15.1 Å². The number of hydrogen-bond donors (Lipinski definition) is 2. The fraction of sp³-hybridized carbons (Fsp3) is 0.154. The lowest BCUT2D eigenvalue weighted by atomic mass is 10.1. The van der Waals surface area contributed by atoms with Crippen molar-refractivity contribution in [2.45, 2.75) is 0 Å². The second-order valence-corrected chi connectivity index (χ2v) is 3.99. The molecule has 0 unspecified atom stereocenters. The Bertz CT molecular complexity index is 663. The molecule has 0 saturated carbocycles. The molecule has 1 heterocycles. The Morgan fingerprint density at radius 2 is 2.10 bits per heavy atom. The van der Waals surface area contributed by atoms with Crippen LogP contribution in [0, 0.1) is 0 Å². The first kappa shape index (κ1) is 13.6. The highest BCUT2D eigenvalue weighted by Crippen LogP contribution is 2.18. The van der Waals surface area contributed by atoms with Gasteiger partial charge >= 0.3 is 5.97 Å². The Morgan fingerprint density at radius 3 is 2.75 bits per heavy atom. The lowest BCUT2D eigenvalue weighted by Crippen LogP contribution is -2.18. The molecule has 20 heavy (non-hydrogen) atoms. The van der Waals surface area contributed by atoms with Crippen molar-refractivity contribution in [3.63, 3.8) is 0 Å². The van der Waals surface area contributed by atoms with E-state index in [1.54, 1.807) is 30.5 Å². The minimum atomic E-state index is -0.525. The van der Waals surface area contributed by atoms with Gasteiger partial charge < -0.3 is 15.8 Å². The van der Waals surface area contributed by atoms with Crippen molar-refractivity contribution in [3.8, 4) is 5.69 Å². The van der Waals surface area contributed by atoms with Crippen LogP contribution >= 0.6 is 0 Å². The second-order valence-electron chi connectivity index (χ2n) is 3.99. The number of carbonyl (C=O) groups excluding carboxylic acids is 2. The fourth-order valence-corrected chi connectivity index (χ4v) is 1.69. The lowest BCUT2D eigenvalue weighted by molar-refractivity contribution is 0.0601. The number of amides is 1. The van der Waals surface area contributed by atoms with Crippen LogP contribution in [0.5, 0.6) is 0 Å². The Balaban J connectivity index is 2.40. The van der Waals surface area contributed by atoms with Crippen LogP contribution in [0.4, 0.5) is 5.69 Å². The number of nitrogens with two attached hydrogens (primary N) is 1. The second kappa shape index (κ2) is 5.43. The van der Waals surface area contributed by atoms with Gasteiger partial charge in [0.25, 0.3) is 5.91 Å². The summed E-state index contributed by atoms with van der Waals surface area (Å²) in [5.41, 5.74) is 7.18. The molecule has 0 bridgehead atoms. The Morgan fingerprint density at radius 1 is 1.35 bits per heavy atom. The van der Waals surface area contributed by atoms with Gasteiger partial charge in [-0.2, -0.15) is 5.10 Å². The van der Waals surface area contributed by atoms with E-state index in [0.717, 1.165) is 0 Å². The molecule has 0 aliphatic heterocycles. The van der Waals surface area contributed by atoms with Gasteiger partial charge in [0, 0.05) is 18.9 Å². The van der Waals surface area contributed by atoms with E-state index in [-0.39, 0.29) is 17.2 Å². The molecule has 1 aromatic carbocycles. The average molecular weight is 274 g/mol. The van der Waals surface area contributed by atoms with Crippen molar-refractivity contribution in [1.29, 1.82) is 0 Å². The van der Waals surface area contributed by atoms with E-state index in [1.165, 1.54) is 18.8 Å². The number of benzene rings is 1. The van der Waals surface area contributed by atoms with Gasteiger partial charge in [-0.05, 0) is 24.3 Å². The highest BCUT2D eigenvalue weighted by molar-refractivity contribution is 5.95. The van der Waals surface area contributed by atoms with E-state index in [4.69, 9.17) is 5.73 Å². The third-order valence-electron chi connectivity index (χ3n) is 2.76. The molecule has 7 heteroatoms. The number of rotatable bonds is 3. The molecule has 0 spiro atoms. The minimum absolute atomic E-state index is 0.252. The number of nitrogens with zero attached hydrogens (tertiary/aromatic N) is 2. The fourth-order valence-electron chi connectivity index (χ4n) is 1.69. The summed E-state index contributed by atoms with van der Waals surface area (Å²) in [7, 11) is 2.81. The van der Waals surface area contributed by atoms with E-state index < -0.39 is 5.97 Å². The van der Waals surface area contributed by atoms with E-state index in [1.807, 2.05) is 0 Å². The summed E-state index contributed by atoms with van der Waals surface area (Å²) in [5, 5.41) is 6.60. The van der Waals surface area contributed by atoms with E-state index in [2.05, 4.69) is 15.2 Å². The van der Waals surface area contributed by atoms with Crippen molar-refractivity contribution < 1.29 is 14.3 Å². The summed E-state index contributed by atoms with van der Waals surface area (Å²) < 4.78 is 6.14. The first-order valence-electron chi connectivity index (χ1n) is 5.82. The largest absolute Gasteiger partial charge is 0.465 e. The molecule has 0 radical (unpaired) electrons. The van der Waals surface area contributed by atoms with Gasteiger partial charge in [-0.15, -0.1) is 0 Å². The number of nitrogens with one attached hydrogen (secondary N) is 1.